The van der Waals surface area contributed by atoms with E-state index in [-0.39, 0.29) is 11.9 Å². The Hall–Kier alpha value is -0.790. The lowest BCUT2D eigenvalue weighted by Gasteiger charge is -2.11. The molecule has 1 aliphatic rings. The van der Waals surface area contributed by atoms with E-state index in [4.69, 9.17) is 0 Å². The first-order valence-corrected chi connectivity index (χ1v) is 3.19. The van der Waals surface area contributed by atoms with Gasteiger partial charge in [0.2, 0.25) is 5.91 Å². The van der Waals surface area contributed by atoms with Crippen LogP contribution in [0.25, 0.3) is 0 Å². The highest BCUT2D eigenvalue weighted by Crippen LogP contribution is 2.06. The van der Waals surface area contributed by atoms with Crippen LogP contribution in [0, 0.1) is 5.92 Å². The van der Waals surface area contributed by atoms with Crippen LogP contribution in [-0.2, 0) is 4.79 Å². The first-order valence-electron chi connectivity index (χ1n) is 3.19. The fourth-order valence-electron chi connectivity index (χ4n) is 0.840. The molecule has 2 heteroatoms. The molecule has 1 aliphatic heterocycles. The predicted octanol–water partition coefficient (Wildman–Crippen LogP) is 0.697. The Labute approximate surface area is 54.9 Å². The van der Waals surface area contributed by atoms with Gasteiger partial charge in [-0.05, 0) is 5.92 Å². The number of rotatable bonds is 1. The van der Waals surface area contributed by atoms with E-state index in [1.165, 1.54) is 0 Å². The monoisotopic (exact) mass is 125 g/mol. The van der Waals surface area contributed by atoms with E-state index >= 15 is 0 Å². The Kier molecular flexibility index (Phi) is 1.56. The van der Waals surface area contributed by atoms with E-state index in [0.29, 0.717) is 5.92 Å². The van der Waals surface area contributed by atoms with Crippen LogP contribution in [0.4, 0.5) is 0 Å². The minimum absolute atomic E-state index is 0.0358. The molecule has 0 radical (unpaired) electrons. The Morgan fingerprint density at radius 3 is 2.56 bits per heavy atom. The van der Waals surface area contributed by atoms with Crippen molar-refractivity contribution in [1.29, 1.82) is 0 Å². The van der Waals surface area contributed by atoms with Crippen LogP contribution in [0.5, 0.6) is 0 Å². The highest BCUT2D eigenvalue weighted by molar-refractivity contribution is 5.90. The molecule has 1 amide bonds. The molecular weight excluding hydrogens is 114 g/mol. The zero-order chi connectivity index (χ0) is 6.85. The zero-order valence-electron chi connectivity index (χ0n) is 5.72. The van der Waals surface area contributed by atoms with E-state index in [1.807, 2.05) is 6.08 Å². The molecule has 0 aromatic rings. The molecule has 9 heavy (non-hydrogen) atoms. The molecule has 0 aromatic carbocycles. The Morgan fingerprint density at radius 2 is 2.33 bits per heavy atom. The molecule has 1 atom stereocenters. The highest BCUT2D eigenvalue weighted by Gasteiger charge is 2.16. The van der Waals surface area contributed by atoms with E-state index in [9.17, 15) is 4.79 Å². The van der Waals surface area contributed by atoms with Crippen LogP contribution in [-0.4, -0.2) is 11.9 Å². The van der Waals surface area contributed by atoms with Crippen LogP contribution in [0.2, 0.25) is 0 Å². The standard InChI is InChI=1S/C7H11NO/c1-5(2)6-3-4-7(9)8-6/h3-6H,1-2H3,(H,8,9)/t6-/m1/s1. The Morgan fingerprint density at radius 1 is 1.67 bits per heavy atom. The average Bonchev–Trinajstić information content (AvgIpc) is 2.14. The van der Waals surface area contributed by atoms with Gasteiger partial charge in [0.1, 0.15) is 0 Å². The maximum atomic E-state index is 10.6. The quantitative estimate of drug-likeness (QED) is 0.549. The molecule has 0 bridgehead atoms. The van der Waals surface area contributed by atoms with Crippen LogP contribution in [0.3, 0.4) is 0 Å². The molecule has 0 aliphatic carbocycles. The number of hydrogen-bond acceptors (Lipinski definition) is 1. The summed E-state index contributed by atoms with van der Waals surface area (Å²) in [4.78, 5) is 10.6. The van der Waals surface area contributed by atoms with Crippen molar-refractivity contribution in [3.63, 3.8) is 0 Å². The van der Waals surface area contributed by atoms with Crippen molar-refractivity contribution in [2.45, 2.75) is 19.9 Å². The SMILES string of the molecule is CC(C)[C@H]1C=CC(=O)N1. The molecule has 0 saturated carbocycles. The van der Waals surface area contributed by atoms with Gasteiger partial charge in [-0.15, -0.1) is 0 Å². The molecule has 0 spiro atoms. The first kappa shape index (κ1) is 6.33. The second kappa shape index (κ2) is 2.21. The van der Waals surface area contributed by atoms with Gasteiger partial charge in [0.15, 0.2) is 0 Å². The van der Waals surface area contributed by atoms with Gasteiger partial charge >= 0.3 is 0 Å². The predicted molar refractivity (Wildman–Crippen MR) is 35.9 cm³/mol. The topological polar surface area (TPSA) is 29.1 Å². The van der Waals surface area contributed by atoms with Crippen molar-refractivity contribution in [3.8, 4) is 0 Å². The summed E-state index contributed by atoms with van der Waals surface area (Å²) in [6, 6.07) is 0.262. The molecule has 50 valence electrons. The Balaban J connectivity index is 2.50. The van der Waals surface area contributed by atoms with Crippen LogP contribution in [0.1, 0.15) is 13.8 Å². The van der Waals surface area contributed by atoms with Gasteiger partial charge in [-0.1, -0.05) is 19.9 Å². The first-order chi connectivity index (χ1) is 4.20. The fraction of sp³-hybridized carbons (Fsp3) is 0.571. The van der Waals surface area contributed by atoms with Gasteiger partial charge in [0, 0.05) is 6.08 Å². The van der Waals surface area contributed by atoms with Crippen molar-refractivity contribution >= 4 is 5.91 Å². The molecule has 0 fully saturated rings. The molecule has 1 heterocycles. The van der Waals surface area contributed by atoms with Gasteiger partial charge in [-0.3, -0.25) is 4.79 Å². The van der Waals surface area contributed by atoms with E-state index in [2.05, 4.69) is 19.2 Å². The van der Waals surface area contributed by atoms with Crippen LogP contribution in [0.15, 0.2) is 12.2 Å². The number of amides is 1. The number of hydrogen-bond donors (Lipinski definition) is 1. The summed E-state index contributed by atoms with van der Waals surface area (Å²) in [5.74, 6) is 0.543. The summed E-state index contributed by atoms with van der Waals surface area (Å²) in [5, 5.41) is 2.80. The molecule has 0 saturated heterocycles. The van der Waals surface area contributed by atoms with Crippen LogP contribution < -0.4 is 5.32 Å². The number of carbonyl (C=O) groups is 1. The summed E-state index contributed by atoms with van der Waals surface area (Å²) >= 11 is 0. The minimum Gasteiger partial charge on any atom is -0.346 e. The number of carbonyl (C=O) groups excluding carboxylic acids is 1. The van der Waals surface area contributed by atoms with Crippen LogP contribution >= 0.6 is 0 Å². The Bertz CT molecular complexity index is 149. The minimum atomic E-state index is 0.0358. The van der Waals surface area contributed by atoms with Gasteiger partial charge < -0.3 is 5.32 Å². The lowest BCUT2D eigenvalue weighted by molar-refractivity contribution is -0.116. The highest BCUT2D eigenvalue weighted by atomic mass is 16.1. The van der Waals surface area contributed by atoms with Crippen molar-refractivity contribution in [2.24, 2.45) is 5.92 Å². The van der Waals surface area contributed by atoms with Crippen molar-refractivity contribution in [1.82, 2.24) is 5.32 Å². The zero-order valence-corrected chi connectivity index (χ0v) is 5.72. The fourth-order valence-corrected chi connectivity index (χ4v) is 0.840. The molecule has 0 unspecified atom stereocenters. The molecule has 1 N–H and O–H groups in total. The largest absolute Gasteiger partial charge is 0.346 e. The summed E-state index contributed by atoms with van der Waals surface area (Å²) < 4.78 is 0. The van der Waals surface area contributed by atoms with Gasteiger partial charge in [0.25, 0.3) is 0 Å². The second-order valence-electron chi connectivity index (χ2n) is 2.64. The average molecular weight is 125 g/mol. The normalized spacial score (nSPS) is 25.2. The number of nitrogens with one attached hydrogen (secondary N) is 1. The van der Waals surface area contributed by atoms with Crippen molar-refractivity contribution in [2.75, 3.05) is 0 Å². The van der Waals surface area contributed by atoms with Crippen molar-refractivity contribution < 1.29 is 4.79 Å². The smallest absolute Gasteiger partial charge is 0.244 e. The summed E-state index contributed by atoms with van der Waals surface area (Å²) in [6.45, 7) is 4.17. The third-order valence-electron chi connectivity index (χ3n) is 1.48. The maximum Gasteiger partial charge on any atom is 0.244 e. The van der Waals surface area contributed by atoms with E-state index in [1.54, 1.807) is 6.08 Å². The van der Waals surface area contributed by atoms with E-state index < -0.39 is 0 Å². The lowest BCUT2D eigenvalue weighted by Crippen LogP contribution is -2.30. The molecular formula is C7H11NO. The van der Waals surface area contributed by atoms with E-state index in [0.717, 1.165) is 0 Å². The van der Waals surface area contributed by atoms with Crippen molar-refractivity contribution in [3.05, 3.63) is 12.2 Å². The van der Waals surface area contributed by atoms with Gasteiger partial charge in [-0.2, -0.15) is 0 Å². The summed E-state index contributed by atoms with van der Waals surface area (Å²) in [7, 11) is 0. The lowest BCUT2D eigenvalue weighted by atomic mass is 10.1. The third-order valence-corrected chi connectivity index (χ3v) is 1.48. The maximum absolute atomic E-state index is 10.6. The molecule has 2 nitrogen and oxygen atoms in total. The summed E-state index contributed by atoms with van der Waals surface area (Å²) in [6.07, 6.45) is 3.50. The van der Waals surface area contributed by atoms with Gasteiger partial charge in [0.05, 0.1) is 6.04 Å². The summed E-state index contributed by atoms with van der Waals surface area (Å²) in [5.41, 5.74) is 0. The third kappa shape index (κ3) is 1.31. The molecule has 1 rings (SSSR count). The van der Waals surface area contributed by atoms with Gasteiger partial charge in [-0.25, -0.2) is 0 Å². The second-order valence-corrected chi connectivity index (χ2v) is 2.64. The molecule has 0 aromatic heterocycles.